The van der Waals surface area contributed by atoms with Crippen LogP contribution in [0.4, 0.5) is 0 Å². The maximum Gasteiger partial charge on any atom is 0.0285 e. The minimum atomic E-state index is 0.761. The molecule has 0 bridgehead atoms. The van der Waals surface area contributed by atoms with E-state index in [0.29, 0.717) is 0 Å². The van der Waals surface area contributed by atoms with Crippen molar-refractivity contribution >= 4 is 27.3 Å². The molecule has 1 saturated heterocycles. The molecule has 0 radical (unpaired) electrons. The third kappa shape index (κ3) is 5.00. The van der Waals surface area contributed by atoms with Crippen LogP contribution >= 0.6 is 27.3 Å². The van der Waals surface area contributed by atoms with Crippen molar-refractivity contribution in [2.24, 2.45) is 0 Å². The molecule has 0 aliphatic carbocycles. The maximum absolute atomic E-state index is 3.62. The van der Waals surface area contributed by atoms with Crippen LogP contribution in [-0.2, 0) is 6.42 Å². The fourth-order valence-electron chi connectivity index (χ4n) is 2.44. The number of likely N-dealkylation sites (N-methyl/N-ethyl adjacent to an activating group) is 1. The molecular weight excluding hydrogens is 308 g/mol. The average Bonchev–Trinajstić information content (AvgIpc) is 2.81. The van der Waals surface area contributed by atoms with Gasteiger partial charge in [0, 0.05) is 27.3 Å². The Bertz CT molecular complexity index is 347. The van der Waals surface area contributed by atoms with E-state index >= 15 is 0 Å². The maximum atomic E-state index is 3.62. The van der Waals surface area contributed by atoms with Crippen molar-refractivity contribution in [2.45, 2.75) is 38.1 Å². The summed E-state index contributed by atoms with van der Waals surface area (Å²) >= 11 is 5.36. The molecule has 1 fully saturated rings. The first-order valence-electron chi connectivity index (χ1n) is 6.89. The van der Waals surface area contributed by atoms with Crippen molar-refractivity contribution in [1.82, 2.24) is 10.2 Å². The summed E-state index contributed by atoms with van der Waals surface area (Å²) in [4.78, 5) is 3.94. The predicted molar refractivity (Wildman–Crippen MR) is 83.5 cm³/mol. The van der Waals surface area contributed by atoms with Crippen LogP contribution in [0.15, 0.2) is 15.9 Å². The van der Waals surface area contributed by atoms with Crippen LogP contribution in [0, 0.1) is 0 Å². The Hall–Kier alpha value is 0.1000. The van der Waals surface area contributed by atoms with Gasteiger partial charge in [0.2, 0.25) is 0 Å². The standard InChI is InChI=1S/C14H23BrN2S/c1-17(8-5-13-4-2-3-7-16-13)9-6-14-10-12(15)11-18-14/h10-11,13,16H,2-9H2,1H3. The molecule has 2 nitrogen and oxygen atoms in total. The second-order valence-corrected chi connectivity index (χ2v) is 7.13. The van der Waals surface area contributed by atoms with Gasteiger partial charge in [-0.1, -0.05) is 6.42 Å². The Morgan fingerprint density at radius 3 is 3.00 bits per heavy atom. The lowest BCUT2D eigenvalue weighted by Crippen LogP contribution is -2.37. The van der Waals surface area contributed by atoms with Crippen LogP contribution in [0.1, 0.15) is 30.6 Å². The fourth-order valence-corrected chi connectivity index (χ4v) is 3.89. The molecule has 1 aliphatic rings. The molecule has 1 aromatic heterocycles. The lowest BCUT2D eigenvalue weighted by Gasteiger charge is -2.25. The molecule has 2 heterocycles. The Balaban J connectivity index is 1.61. The van der Waals surface area contributed by atoms with E-state index in [1.54, 1.807) is 0 Å². The first-order valence-corrected chi connectivity index (χ1v) is 8.56. The zero-order valence-electron chi connectivity index (χ0n) is 11.1. The molecule has 1 aromatic rings. The van der Waals surface area contributed by atoms with Crippen molar-refractivity contribution in [3.8, 4) is 0 Å². The smallest absolute Gasteiger partial charge is 0.0285 e. The molecule has 0 aromatic carbocycles. The van der Waals surface area contributed by atoms with Gasteiger partial charge in [0.15, 0.2) is 0 Å². The summed E-state index contributed by atoms with van der Waals surface area (Å²) in [5, 5.41) is 5.79. The lowest BCUT2D eigenvalue weighted by atomic mass is 10.0. The highest BCUT2D eigenvalue weighted by Gasteiger charge is 2.12. The highest BCUT2D eigenvalue weighted by Crippen LogP contribution is 2.20. The molecule has 1 aliphatic heterocycles. The third-order valence-electron chi connectivity index (χ3n) is 3.63. The minimum Gasteiger partial charge on any atom is -0.314 e. The molecule has 1 N–H and O–H groups in total. The zero-order chi connectivity index (χ0) is 12.8. The molecule has 0 amide bonds. The molecule has 0 spiro atoms. The Kier molecular flexibility index (Phi) is 6.15. The van der Waals surface area contributed by atoms with Crippen molar-refractivity contribution in [1.29, 1.82) is 0 Å². The molecule has 0 saturated carbocycles. The number of hydrogen-bond donors (Lipinski definition) is 1. The first kappa shape index (κ1) is 14.5. The summed E-state index contributed by atoms with van der Waals surface area (Å²) in [6, 6.07) is 3.00. The summed E-state index contributed by atoms with van der Waals surface area (Å²) in [6.07, 6.45) is 6.60. The van der Waals surface area contributed by atoms with E-state index in [9.17, 15) is 0 Å². The number of nitrogens with one attached hydrogen (secondary N) is 1. The van der Waals surface area contributed by atoms with Gasteiger partial charge >= 0.3 is 0 Å². The minimum absolute atomic E-state index is 0.761. The molecular formula is C14H23BrN2S. The molecule has 18 heavy (non-hydrogen) atoms. The second-order valence-electron chi connectivity index (χ2n) is 5.22. The average molecular weight is 331 g/mol. The summed E-state index contributed by atoms with van der Waals surface area (Å²) < 4.78 is 1.22. The zero-order valence-corrected chi connectivity index (χ0v) is 13.5. The van der Waals surface area contributed by atoms with E-state index in [4.69, 9.17) is 0 Å². The Morgan fingerprint density at radius 2 is 2.33 bits per heavy atom. The van der Waals surface area contributed by atoms with Crippen LogP contribution in [0.5, 0.6) is 0 Å². The summed E-state index contributed by atoms with van der Waals surface area (Å²) in [6.45, 7) is 3.60. The lowest BCUT2D eigenvalue weighted by molar-refractivity contribution is 0.290. The monoisotopic (exact) mass is 330 g/mol. The highest BCUT2D eigenvalue weighted by molar-refractivity contribution is 9.10. The summed E-state index contributed by atoms with van der Waals surface area (Å²) in [5.74, 6) is 0. The van der Waals surface area contributed by atoms with Crippen LogP contribution in [-0.4, -0.2) is 37.6 Å². The van der Waals surface area contributed by atoms with Gasteiger partial charge in [-0.2, -0.15) is 0 Å². The third-order valence-corrected chi connectivity index (χ3v) is 5.39. The molecule has 102 valence electrons. The van der Waals surface area contributed by atoms with Crippen LogP contribution in [0.25, 0.3) is 0 Å². The summed E-state index contributed by atoms with van der Waals surface area (Å²) in [7, 11) is 2.24. The number of piperidine rings is 1. The Morgan fingerprint density at radius 1 is 1.44 bits per heavy atom. The van der Waals surface area contributed by atoms with Gasteiger partial charge in [-0.15, -0.1) is 11.3 Å². The van der Waals surface area contributed by atoms with Gasteiger partial charge in [0.05, 0.1) is 0 Å². The van der Waals surface area contributed by atoms with E-state index in [-0.39, 0.29) is 0 Å². The van der Waals surface area contributed by atoms with Crippen LogP contribution < -0.4 is 5.32 Å². The largest absolute Gasteiger partial charge is 0.314 e. The van der Waals surface area contributed by atoms with Crippen molar-refractivity contribution in [2.75, 3.05) is 26.7 Å². The first-order chi connectivity index (χ1) is 8.74. The van der Waals surface area contributed by atoms with E-state index < -0.39 is 0 Å². The number of nitrogens with zero attached hydrogens (tertiary/aromatic N) is 1. The Labute approximate surface area is 123 Å². The van der Waals surface area contributed by atoms with Gasteiger partial charge in [-0.3, -0.25) is 0 Å². The molecule has 1 unspecified atom stereocenters. The normalized spacial score (nSPS) is 20.5. The van der Waals surface area contributed by atoms with Crippen LogP contribution in [0.3, 0.4) is 0 Å². The van der Waals surface area contributed by atoms with Gasteiger partial charge in [-0.05, 0) is 67.8 Å². The summed E-state index contributed by atoms with van der Waals surface area (Å²) in [5.41, 5.74) is 0. The van der Waals surface area contributed by atoms with Crippen LogP contribution in [0.2, 0.25) is 0 Å². The van der Waals surface area contributed by atoms with Gasteiger partial charge in [0.25, 0.3) is 0 Å². The van der Waals surface area contributed by atoms with E-state index in [2.05, 4.69) is 44.6 Å². The molecule has 2 rings (SSSR count). The predicted octanol–water partition coefficient (Wildman–Crippen LogP) is 3.52. The van der Waals surface area contributed by atoms with Crippen molar-refractivity contribution < 1.29 is 0 Å². The number of thiophene rings is 1. The molecule has 4 heteroatoms. The van der Waals surface area contributed by atoms with E-state index in [1.807, 2.05) is 11.3 Å². The van der Waals surface area contributed by atoms with Crippen molar-refractivity contribution in [3.63, 3.8) is 0 Å². The van der Waals surface area contributed by atoms with Crippen molar-refractivity contribution in [3.05, 3.63) is 20.8 Å². The number of hydrogen-bond acceptors (Lipinski definition) is 3. The van der Waals surface area contributed by atoms with Gasteiger partial charge in [0.1, 0.15) is 0 Å². The highest BCUT2D eigenvalue weighted by atomic mass is 79.9. The van der Waals surface area contributed by atoms with E-state index in [1.165, 1.54) is 61.1 Å². The topological polar surface area (TPSA) is 15.3 Å². The quantitative estimate of drug-likeness (QED) is 0.858. The second kappa shape index (κ2) is 7.63. The molecule has 1 atom stereocenters. The number of rotatable bonds is 6. The van der Waals surface area contributed by atoms with E-state index in [0.717, 1.165) is 6.04 Å². The number of halogens is 1. The fraction of sp³-hybridized carbons (Fsp3) is 0.714. The van der Waals surface area contributed by atoms with Gasteiger partial charge in [-0.25, -0.2) is 0 Å². The SMILES string of the molecule is CN(CCc1cc(Br)cs1)CCC1CCCCN1. The van der Waals surface area contributed by atoms with Gasteiger partial charge < -0.3 is 10.2 Å².